The van der Waals surface area contributed by atoms with Crippen LogP contribution in [0.5, 0.6) is 0 Å². The van der Waals surface area contributed by atoms with Crippen molar-refractivity contribution < 1.29 is 13.2 Å². The van der Waals surface area contributed by atoms with Gasteiger partial charge in [0.05, 0.1) is 5.69 Å². The summed E-state index contributed by atoms with van der Waals surface area (Å²) in [5.41, 5.74) is 3.25. The van der Waals surface area contributed by atoms with E-state index in [2.05, 4.69) is 25.2 Å². The van der Waals surface area contributed by atoms with E-state index in [0.717, 1.165) is 27.8 Å². The quantitative estimate of drug-likeness (QED) is 0.527. The van der Waals surface area contributed by atoms with Gasteiger partial charge in [-0.25, -0.2) is 13.1 Å². The maximum absolute atomic E-state index is 12.1. The van der Waals surface area contributed by atoms with E-state index in [9.17, 15) is 13.2 Å². The highest BCUT2D eigenvalue weighted by atomic mass is 32.2. The van der Waals surface area contributed by atoms with Crippen LogP contribution in [0.25, 0.3) is 17.3 Å². The Morgan fingerprint density at radius 1 is 1.14 bits per heavy atom. The van der Waals surface area contributed by atoms with Crippen molar-refractivity contribution in [2.24, 2.45) is 0 Å². The average Bonchev–Trinajstić information content (AvgIpc) is 3.08. The Hall–Kier alpha value is -3.30. The molecule has 3 aromatic rings. The monoisotopic (exact) mass is 411 g/mol. The summed E-state index contributed by atoms with van der Waals surface area (Å²) in [4.78, 5) is 16.1. The Kier molecular flexibility index (Phi) is 6.53. The van der Waals surface area contributed by atoms with Crippen molar-refractivity contribution >= 4 is 27.8 Å². The normalized spacial score (nSPS) is 11.6. The summed E-state index contributed by atoms with van der Waals surface area (Å²) in [6, 6.07) is 12.8. The van der Waals surface area contributed by atoms with Gasteiger partial charge in [0.25, 0.3) is 0 Å². The molecule has 9 heteroatoms. The van der Waals surface area contributed by atoms with Crippen LogP contribution in [0.1, 0.15) is 17.5 Å². The van der Waals surface area contributed by atoms with E-state index in [1.54, 1.807) is 24.5 Å². The number of hydrogen-bond donors (Lipinski definition) is 3. The van der Waals surface area contributed by atoms with Gasteiger partial charge in [0.1, 0.15) is 0 Å². The molecule has 8 nitrogen and oxygen atoms in total. The first-order valence-corrected chi connectivity index (χ1v) is 10.5. The molecule has 3 N–H and O–H groups in total. The molecule has 150 valence electrons. The van der Waals surface area contributed by atoms with Crippen LogP contribution < -0.4 is 10.0 Å². The number of amides is 1. The molecule has 0 aliphatic rings. The third kappa shape index (κ3) is 5.84. The lowest BCUT2D eigenvalue weighted by Gasteiger charge is -2.05. The fourth-order valence-electron chi connectivity index (χ4n) is 2.60. The Balaban J connectivity index is 1.52. The van der Waals surface area contributed by atoms with Gasteiger partial charge in [-0.3, -0.25) is 14.9 Å². The topological polar surface area (TPSA) is 117 Å². The maximum Gasteiger partial charge on any atom is 0.233 e. The summed E-state index contributed by atoms with van der Waals surface area (Å²) in [6.45, 7) is 1.82. The summed E-state index contributed by atoms with van der Waals surface area (Å²) in [7, 11) is -3.63. The fourth-order valence-corrected chi connectivity index (χ4v) is 3.42. The molecule has 0 bridgehead atoms. The van der Waals surface area contributed by atoms with Gasteiger partial charge in [0.2, 0.25) is 15.9 Å². The molecule has 0 spiro atoms. The molecule has 0 unspecified atom stereocenters. The molecule has 29 heavy (non-hydrogen) atoms. The predicted octanol–water partition coefficient (Wildman–Crippen LogP) is 2.70. The lowest BCUT2D eigenvalue weighted by molar-refractivity contribution is -0.116. The Morgan fingerprint density at radius 2 is 1.86 bits per heavy atom. The molecule has 0 fully saturated rings. The minimum atomic E-state index is -3.63. The smallest absolute Gasteiger partial charge is 0.233 e. The number of sulfonamides is 1. The van der Waals surface area contributed by atoms with Crippen LogP contribution in [-0.2, 0) is 14.8 Å². The molecule has 0 aliphatic heterocycles. The summed E-state index contributed by atoms with van der Waals surface area (Å²) in [5, 5.41) is 10.8. The van der Waals surface area contributed by atoms with Gasteiger partial charge in [-0.05, 0) is 30.7 Å². The van der Waals surface area contributed by atoms with Gasteiger partial charge in [0.15, 0.2) is 5.82 Å². The Bertz CT molecular complexity index is 1090. The number of carbonyl (C=O) groups is 1. The van der Waals surface area contributed by atoms with Crippen LogP contribution >= 0.6 is 0 Å². The Labute approximate surface area is 169 Å². The van der Waals surface area contributed by atoms with Crippen molar-refractivity contribution in [1.29, 1.82) is 0 Å². The molecule has 0 atom stereocenters. The number of rotatable bonds is 8. The molecule has 0 saturated heterocycles. The van der Waals surface area contributed by atoms with Crippen molar-refractivity contribution in [1.82, 2.24) is 19.9 Å². The van der Waals surface area contributed by atoms with Crippen LogP contribution in [0.3, 0.4) is 0 Å². The van der Waals surface area contributed by atoms with E-state index in [1.807, 2.05) is 37.3 Å². The number of aromatic amines is 1. The third-order valence-electron chi connectivity index (χ3n) is 4.13. The highest BCUT2D eigenvalue weighted by Gasteiger charge is 2.14. The number of nitrogens with zero attached hydrogens (tertiary/aromatic N) is 2. The second-order valence-corrected chi connectivity index (χ2v) is 7.91. The fraction of sp³-hybridized carbons (Fsp3) is 0.150. The number of H-pyrrole nitrogens is 1. The van der Waals surface area contributed by atoms with Gasteiger partial charge in [-0.2, -0.15) is 5.10 Å². The van der Waals surface area contributed by atoms with E-state index in [1.165, 1.54) is 6.08 Å². The number of aromatic nitrogens is 3. The first-order valence-electron chi connectivity index (χ1n) is 8.92. The molecule has 0 saturated carbocycles. The van der Waals surface area contributed by atoms with E-state index in [-0.39, 0.29) is 18.9 Å². The minimum Gasteiger partial charge on any atom is -0.309 e. The van der Waals surface area contributed by atoms with Crippen molar-refractivity contribution in [3.05, 3.63) is 71.4 Å². The second-order valence-electron chi connectivity index (χ2n) is 6.26. The van der Waals surface area contributed by atoms with E-state index < -0.39 is 10.0 Å². The molecule has 1 amide bonds. The zero-order chi connectivity index (χ0) is 20.7. The first-order chi connectivity index (χ1) is 13.9. The lowest BCUT2D eigenvalue weighted by atomic mass is 10.1. The number of carbonyl (C=O) groups excluding carboxylic acids is 1. The standard InChI is InChI=1S/C20H21N5O3S/c1-15-19(17-7-11-21-12-8-17)24-25-20(15)23-18(26)9-13-22-29(27,28)14-10-16-5-3-2-4-6-16/h2-8,10-12,14,22H,9,13H2,1H3,(H2,23,24,25,26)/b14-10+. The van der Waals surface area contributed by atoms with Crippen LogP contribution in [0.15, 0.2) is 60.3 Å². The van der Waals surface area contributed by atoms with E-state index >= 15 is 0 Å². The maximum atomic E-state index is 12.1. The van der Waals surface area contributed by atoms with Crippen LogP contribution in [0.4, 0.5) is 5.82 Å². The zero-order valence-corrected chi connectivity index (χ0v) is 16.6. The number of nitrogens with one attached hydrogen (secondary N) is 3. The largest absolute Gasteiger partial charge is 0.309 e. The summed E-state index contributed by atoms with van der Waals surface area (Å²) < 4.78 is 26.4. The number of benzene rings is 1. The number of pyridine rings is 1. The van der Waals surface area contributed by atoms with Gasteiger partial charge in [0, 0.05) is 41.9 Å². The van der Waals surface area contributed by atoms with Crippen molar-refractivity contribution in [3.63, 3.8) is 0 Å². The number of anilines is 1. The molecule has 2 heterocycles. The molecule has 0 radical (unpaired) electrons. The van der Waals surface area contributed by atoms with Crippen molar-refractivity contribution in [2.45, 2.75) is 13.3 Å². The van der Waals surface area contributed by atoms with Crippen molar-refractivity contribution in [3.8, 4) is 11.3 Å². The van der Waals surface area contributed by atoms with E-state index in [0.29, 0.717) is 5.82 Å². The molecule has 1 aromatic carbocycles. The molecular weight excluding hydrogens is 390 g/mol. The highest BCUT2D eigenvalue weighted by Crippen LogP contribution is 2.25. The Morgan fingerprint density at radius 3 is 2.59 bits per heavy atom. The van der Waals surface area contributed by atoms with Gasteiger partial charge in [-0.15, -0.1) is 0 Å². The SMILES string of the molecule is Cc1c(NC(=O)CCNS(=O)(=O)/C=C/c2ccccc2)n[nH]c1-c1ccncc1. The highest BCUT2D eigenvalue weighted by molar-refractivity contribution is 7.92. The van der Waals surface area contributed by atoms with Crippen LogP contribution in [0, 0.1) is 6.92 Å². The molecule has 3 rings (SSSR count). The van der Waals surface area contributed by atoms with Crippen LogP contribution in [0.2, 0.25) is 0 Å². The molecular formula is C20H21N5O3S. The number of hydrogen-bond acceptors (Lipinski definition) is 5. The molecule has 0 aliphatic carbocycles. The molecule has 2 aromatic heterocycles. The summed E-state index contributed by atoms with van der Waals surface area (Å²) in [6.07, 6.45) is 4.82. The second kappa shape index (κ2) is 9.26. The third-order valence-corrected chi connectivity index (χ3v) is 5.23. The van der Waals surface area contributed by atoms with Gasteiger partial charge >= 0.3 is 0 Å². The lowest BCUT2D eigenvalue weighted by Crippen LogP contribution is -2.26. The van der Waals surface area contributed by atoms with Crippen molar-refractivity contribution in [2.75, 3.05) is 11.9 Å². The zero-order valence-electron chi connectivity index (χ0n) is 15.8. The average molecular weight is 411 g/mol. The predicted molar refractivity (Wildman–Crippen MR) is 112 cm³/mol. The summed E-state index contributed by atoms with van der Waals surface area (Å²) in [5.74, 6) is 0.0734. The van der Waals surface area contributed by atoms with Gasteiger partial charge in [-0.1, -0.05) is 30.3 Å². The van der Waals surface area contributed by atoms with Gasteiger partial charge < -0.3 is 5.32 Å². The minimum absolute atomic E-state index is 0.0186. The van der Waals surface area contributed by atoms with Crippen LogP contribution in [-0.4, -0.2) is 36.1 Å². The summed E-state index contributed by atoms with van der Waals surface area (Å²) >= 11 is 0. The van der Waals surface area contributed by atoms with E-state index in [4.69, 9.17) is 0 Å². The first kappa shape index (κ1) is 20.4.